The van der Waals surface area contributed by atoms with E-state index in [4.69, 9.17) is 5.21 Å². The minimum Gasteiger partial charge on any atom is -0.364 e. The van der Waals surface area contributed by atoms with Gasteiger partial charge in [0.1, 0.15) is 0 Å². The molecule has 168 valence electrons. The van der Waals surface area contributed by atoms with E-state index < -0.39 is 5.91 Å². The van der Waals surface area contributed by atoms with Gasteiger partial charge in [0.25, 0.3) is 5.91 Å². The van der Waals surface area contributed by atoms with Gasteiger partial charge in [-0.15, -0.1) is 0 Å². The average Bonchev–Trinajstić information content (AvgIpc) is 3.59. The van der Waals surface area contributed by atoms with Crippen molar-refractivity contribution in [1.29, 1.82) is 0 Å². The van der Waals surface area contributed by atoms with E-state index in [1.807, 2.05) is 12.3 Å². The number of carbonyl (C=O) groups is 1. The lowest BCUT2D eigenvalue weighted by Gasteiger charge is -2.29. The summed E-state index contributed by atoms with van der Waals surface area (Å²) in [5.41, 5.74) is 8.94. The highest BCUT2D eigenvalue weighted by atomic mass is 16.5. The highest BCUT2D eigenvalue weighted by Crippen LogP contribution is 2.37. The molecule has 1 atom stereocenters. The topological polar surface area (TPSA) is 84.2 Å². The number of nitrogens with zero attached hydrogens (tertiary/aromatic N) is 1. The van der Waals surface area contributed by atoms with Crippen molar-refractivity contribution in [2.45, 2.75) is 31.8 Å². The Labute approximate surface area is 192 Å². The summed E-state index contributed by atoms with van der Waals surface area (Å²) in [7, 11) is 0. The Morgan fingerprint density at radius 1 is 1.12 bits per heavy atom. The van der Waals surface area contributed by atoms with Gasteiger partial charge in [-0.2, -0.15) is 0 Å². The summed E-state index contributed by atoms with van der Waals surface area (Å²) in [6, 6.07) is 21.6. The van der Waals surface area contributed by atoms with Crippen molar-refractivity contribution in [1.82, 2.24) is 20.3 Å². The number of aryl methyl sites for hydroxylation is 1. The maximum absolute atomic E-state index is 11.3. The van der Waals surface area contributed by atoms with Crippen LogP contribution in [0.5, 0.6) is 0 Å². The highest BCUT2D eigenvalue weighted by Gasteiger charge is 2.28. The van der Waals surface area contributed by atoms with Crippen LogP contribution in [0.4, 0.5) is 0 Å². The molecule has 0 saturated carbocycles. The van der Waals surface area contributed by atoms with Gasteiger partial charge >= 0.3 is 0 Å². The van der Waals surface area contributed by atoms with Gasteiger partial charge in [0, 0.05) is 54.7 Å². The molecule has 2 aromatic carbocycles. The van der Waals surface area contributed by atoms with Crippen molar-refractivity contribution in [2.75, 3.05) is 6.54 Å². The van der Waals surface area contributed by atoms with E-state index >= 15 is 0 Å². The molecule has 1 amide bonds. The molecule has 4 aromatic rings. The number of H-pyrrole nitrogens is 2. The number of rotatable bonds is 8. The fraction of sp³-hybridized carbons (Fsp3) is 0.222. The maximum Gasteiger partial charge on any atom is 0.267 e. The van der Waals surface area contributed by atoms with Crippen molar-refractivity contribution in [3.63, 3.8) is 0 Å². The summed E-state index contributed by atoms with van der Waals surface area (Å²) in [6.45, 7) is 1.82. The van der Waals surface area contributed by atoms with Crippen LogP contribution in [0.25, 0.3) is 17.0 Å². The molecule has 0 spiro atoms. The van der Waals surface area contributed by atoms with Gasteiger partial charge in [0.15, 0.2) is 0 Å². The molecule has 33 heavy (non-hydrogen) atoms. The first kappa shape index (κ1) is 21.2. The first-order chi connectivity index (χ1) is 16.2. The van der Waals surface area contributed by atoms with Crippen LogP contribution in [0, 0.1) is 0 Å². The fourth-order valence-corrected chi connectivity index (χ4v) is 4.87. The Kier molecular flexibility index (Phi) is 6.11. The van der Waals surface area contributed by atoms with E-state index in [1.54, 1.807) is 11.6 Å². The number of fused-ring (bicyclic) bond motifs is 2. The van der Waals surface area contributed by atoms with Crippen molar-refractivity contribution < 1.29 is 10.0 Å². The van der Waals surface area contributed by atoms with Crippen LogP contribution in [0.15, 0.2) is 72.9 Å². The molecule has 2 aromatic heterocycles. The summed E-state index contributed by atoms with van der Waals surface area (Å²) in [6.07, 6.45) is 8.10. The minimum atomic E-state index is -0.525. The first-order valence-electron chi connectivity index (χ1n) is 11.4. The third kappa shape index (κ3) is 4.77. The van der Waals surface area contributed by atoms with E-state index in [1.165, 1.54) is 39.5 Å². The second-order valence-corrected chi connectivity index (χ2v) is 8.62. The van der Waals surface area contributed by atoms with Crippen molar-refractivity contribution >= 4 is 22.9 Å². The molecule has 1 aliphatic rings. The SMILES string of the molecule is O=C(C=Cc1ccc2c(c1)CCC2N(CCc1cc2ccccc2[nH]1)Cc1ccc[nH]1)NO. The predicted molar refractivity (Wildman–Crippen MR) is 130 cm³/mol. The largest absolute Gasteiger partial charge is 0.364 e. The Balaban J connectivity index is 1.36. The molecule has 2 heterocycles. The minimum absolute atomic E-state index is 0.353. The van der Waals surface area contributed by atoms with Crippen LogP contribution in [-0.4, -0.2) is 32.5 Å². The first-order valence-corrected chi connectivity index (χ1v) is 11.4. The highest BCUT2D eigenvalue weighted by molar-refractivity contribution is 5.90. The molecular formula is C27H28N4O2. The number of carbonyl (C=O) groups excluding carboxylic acids is 1. The normalized spacial score (nSPS) is 15.5. The van der Waals surface area contributed by atoms with E-state index in [9.17, 15) is 4.79 Å². The Bertz CT molecular complexity index is 1240. The van der Waals surface area contributed by atoms with E-state index in [2.05, 4.69) is 69.5 Å². The number of aromatic nitrogens is 2. The smallest absolute Gasteiger partial charge is 0.267 e. The summed E-state index contributed by atoms with van der Waals surface area (Å²) in [5, 5.41) is 9.94. The number of nitrogens with one attached hydrogen (secondary N) is 3. The number of hydroxylamine groups is 1. The third-order valence-corrected chi connectivity index (χ3v) is 6.48. The van der Waals surface area contributed by atoms with Gasteiger partial charge in [-0.25, -0.2) is 5.48 Å². The van der Waals surface area contributed by atoms with Crippen LogP contribution >= 0.6 is 0 Å². The molecule has 0 fully saturated rings. The van der Waals surface area contributed by atoms with Gasteiger partial charge in [-0.05, 0) is 65.3 Å². The van der Waals surface area contributed by atoms with Crippen LogP contribution in [0.1, 0.15) is 40.5 Å². The molecule has 6 nitrogen and oxygen atoms in total. The molecule has 0 radical (unpaired) electrons. The summed E-state index contributed by atoms with van der Waals surface area (Å²) in [5.74, 6) is -0.525. The van der Waals surface area contributed by atoms with Crippen molar-refractivity contribution in [3.05, 3.63) is 101 Å². The Morgan fingerprint density at radius 3 is 2.85 bits per heavy atom. The number of hydrogen-bond acceptors (Lipinski definition) is 3. The number of aromatic amines is 2. The molecule has 0 aliphatic heterocycles. The molecular weight excluding hydrogens is 412 g/mol. The van der Waals surface area contributed by atoms with Gasteiger partial charge in [-0.1, -0.05) is 36.4 Å². The number of benzene rings is 2. The van der Waals surface area contributed by atoms with Crippen molar-refractivity contribution in [3.8, 4) is 0 Å². The van der Waals surface area contributed by atoms with E-state index in [-0.39, 0.29) is 0 Å². The lowest BCUT2D eigenvalue weighted by Crippen LogP contribution is -2.29. The van der Waals surface area contributed by atoms with Gasteiger partial charge in [0.05, 0.1) is 0 Å². The number of para-hydroxylation sites is 1. The second-order valence-electron chi connectivity index (χ2n) is 8.62. The molecule has 1 unspecified atom stereocenters. The Hall–Kier alpha value is -3.61. The quantitative estimate of drug-likeness (QED) is 0.181. The molecule has 1 aliphatic carbocycles. The maximum atomic E-state index is 11.3. The summed E-state index contributed by atoms with van der Waals surface area (Å²) >= 11 is 0. The molecule has 5 rings (SSSR count). The van der Waals surface area contributed by atoms with Crippen LogP contribution < -0.4 is 5.48 Å². The average molecular weight is 441 g/mol. The lowest BCUT2D eigenvalue weighted by molar-refractivity contribution is -0.124. The van der Waals surface area contributed by atoms with Gasteiger partial charge in [0.2, 0.25) is 0 Å². The zero-order chi connectivity index (χ0) is 22.6. The monoisotopic (exact) mass is 440 g/mol. The predicted octanol–water partition coefficient (Wildman–Crippen LogP) is 4.75. The standard InChI is InChI=1S/C27H28N4O2/c32-27(30-33)12-8-19-7-10-24-20(16-19)9-11-26(24)31(18-23-5-3-14-28-23)15-13-22-17-21-4-1-2-6-25(21)29-22/h1-8,10,12,14,16-17,26,28-29,33H,9,11,13,15,18H2,(H,30,32). The summed E-state index contributed by atoms with van der Waals surface area (Å²) < 4.78 is 0. The summed E-state index contributed by atoms with van der Waals surface area (Å²) in [4.78, 5) is 20.8. The Morgan fingerprint density at radius 2 is 2.03 bits per heavy atom. The zero-order valence-electron chi connectivity index (χ0n) is 18.4. The third-order valence-electron chi connectivity index (χ3n) is 6.48. The second kappa shape index (κ2) is 9.48. The number of amides is 1. The van der Waals surface area contributed by atoms with Crippen molar-refractivity contribution in [2.24, 2.45) is 0 Å². The van der Waals surface area contributed by atoms with Crippen LogP contribution in [-0.2, 0) is 24.2 Å². The fourth-order valence-electron chi connectivity index (χ4n) is 4.87. The van der Waals surface area contributed by atoms with E-state index in [0.29, 0.717) is 6.04 Å². The zero-order valence-corrected chi connectivity index (χ0v) is 18.4. The molecule has 0 saturated heterocycles. The van der Waals surface area contributed by atoms with Gasteiger partial charge < -0.3 is 9.97 Å². The molecule has 0 bridgehead atoms. The van der Waals surface area contributed by atoms with Crippen LogP contribution in [0.2, 0.25) is 0 Å². The van der Waals surface area contributed by atoms with E-state index in [0.717, 1.165) is 37.9 Å². The van der Waals surface area contributed by atoms with Crippen LogP contribution in [0.3, 0.4) is 0 Å². The lowest BCUT2D eigenvalue weighted by atomic mass is 10.0. The van der Waals surface area contributed by atoms with Gasteiger partial charge in [-0.3, -0.25) is 14.9 Å². The molecule has 4 N–H and O–H groups in total. The molecule has 6 heteroatoms. The number of hydrogen-bond donors (Lipinski definition) is 4.